The molecule has 2 atom stereocenters. The van der Waals surface area contributed by atoms with Crippen molar-refractivity contribution < 1.29 is 15.0 Å². The van der Waals surface area contributed by atoms with Gasteiger partial charge in [-0.05, 0) is 24.1 Å². The van der Waals surface area contributed by atoms with Gasteiger partial charge in [-0.1, -0.05) is 0 Å². The highest BCUT2D eigenvalue weighted by atomic mass is 32.1. The second-order valence-corrected chi connectivity index (χ2v) is 3.91. The van der Waals surface area contributed by atoms with Crippen LogP contribution in [0.5, 0.6) is 0 Å². The molecule has 0 fully saturated rings. The first-order valence-corrected chi connectivity index (χ1v) is 5.11. The fraction of sp³-hybridized carbons (Fsp3) is 0.444. The van der Waals surface area contributed by atoms with E-state index in [1.54, 1.807) is 18.5 Å². The summed E-state index contributed by atoms with van der Waals surface area (Å²) in [5.74, 6) is 0. The maximum absolute atomic E-state index is 10.4. The molecule has 4 nitrogen and oxygen atoms in total. The third-order valence-electron chi connectivity index (χ3n) is 1.88. The van der Waals surface area contributed by atoms with Crippen molar-refractivity contribution in [3.05, 3.63) is 21.9 Å². The van der Waals surface area contributed by atoms with Crippen LogP contribution in [0, 0.1) is 0 Å². The van der Waals surface area contributed by atoms with Gasteiger partial charge in [-0.25, -0.2) is 0 Å². The SMILES string of the molecule is CNCC(O)C(O)c1csc(C=O)c1. The summed E-state index contributed by atoms with van der Waals surface area (Å²) in [4.78, 5) is 10.9. The molecular formula is C9H13NO3S. The fourth-order valence-electron chi connectivity index (χ4n) is 1.13. The molecule has 1 heterocycles. The van der Waals surface area contributed by atoms with Crippen molar-refractivity contribution in [3.8, 4) is 0 Å². The molecule has 0 bridgehead atoms. The molecule has 0 saturated carbocycles. The Morgan fingerprint density at radius 2 is 2.36 bits per heavy atom. The van der Waals surface area contributed by atoms with E-state index in [4.69, 9.17) is 0 Å². The molecule has 78 valence electrons. The van der Waals surface area contributed by atoms with E-state index >= 15 is 0 Å². The summed E-state index contributed by atoms with van der Waals surface area (Å²) in [5, 5.41) is 23.5. The van der Waals surface area contributed by atoms with E-state index in [9.17, 15) is 15.0 Å². The van der Waals surface area contributed by atoms with Crippen molar-refractivity contribution >= 4 is 17.6 Å². The molecule has 1 aromatic heterocycles. The van der Waals surface area contributed by atoms with Crippen LogP contribution in [0.2, 0.25) is 0 Å². The second-order valence-electron chi connectivity index (χ2n) is 2.97. The minimum atomic E-state index is -0.938. The van der Waals surface area contributed by atoms with Gasteiger partial charge in [0.1, 0.15) is 6.10 Å². The van der Waals surface area contributed by atoms with E-state index in [2.05, 4.69) is 5.32 Å². The van der Waals surface area contributed by atoms with Crippen molar-refractivity contribution in [2.24, 2.45) is 0 Å². The molecular weight excluding hydrogens is 202 g/mol. The lowest BCUT2D eigenvalue weighted by atomic mass is 10.1. The molecule has 3 N–H and O–H groups in total. The van der Waals surface area contributed by atoms with Crippen LogP contribution in [0.1, 0.15) is 21.3 Å². The van der Waals surface area contributed by atoms with Gasteiger partial charge in [-0.15, -0.1) is 11.3 Å². The molecule has 14 heavy (non-hydrogen) atoms. The quantitative estimate of drug-likeness (QED) is 0.613. The number of nitrogens with one attached hydrogen (secondary N) is 1. The summed E-state index contributed by atoms with van der Waals surface area (Å²) in [6.07, 6.45) is -1.06. The highest BCUT2D eigenvalue weighted by Gasteiger charge is 2.18. The Kier molecular flexibility index (Phi) is 4.21. The summed E-state index contributed by atoms with van der Waals surface area (Å²) < 4.78 is 0. The number of rotatable bonds is 5. The first-order valence-electron chi connectivity index (χ1n) is 4.23. The van der Waals surface area contributed by atoms with E-state index in [1.807, 2.05) is 0 Å². The van der Waals surface area contributed by atoms with Crippen LogP contribution in [0.25, 0.3) is 0 Å². The zero-order chi connectivity index (χ0) is 10.6. The number of carbonyl (C=O) groups is 1. The smallest absolute Gasteiger partial charge is 0.160 e. The molecule has 5 heteroatoms. The highest BCUT2D eigenvalue weighted by molar-refractivity contribution is 7.11. The minimum Gasteiger partial charge on any atom is -0.389 e. The largest absolute Gasteiger partial charge is 0.389 e. The molecule has 0 radical (unpaired) electrons. The standard InChI is InChI=1S/C9H13NO3S/c1-10-3-8(12)9(13)6-2-7(4-11)14-5-6/h2,4-5,8-10,12-13H,3H2,1H3. The van der Waals surface area contributed by atoms with Gasteiger partial charge in [-0.3, -0.25) is 4.79 Å². The van der Waals surface area contributed by atoms with Gasteiger partial charge >= 0.3 is 0 Å². The van der Waals surface area contributed by atoms with Crippen molar-refractivity contribution in [2.75, 3.05) is 13.6 Å². The summed E-state index contributed by atoms with van der Waals surface area (Å²) >= 11 is 1.25. The van der Waals surface area contributed by atoms with Gasteiger partial charge in [0.2, 0.25) is 0 Å². The number of hydrogen-bond acceptors (Lipinski definition) is 5. The Balaban J connectivity index is 2.67. The molecule has 2 unspecified atom stereocenters. The number of aldehydes is 1. The first kappa shape index (κ1) is 11.3. The third-order valence-corrected chi connectivity index (χ3v) is 2.75. The lowest BCUT2D eigenvalue weighted by Gasteiger charge is -2.15. The lowest BCUT2D eigenvalue weighted by molar-refractivity contribution is 0.0205. The second kappa shape index (κ2) is 5.21. The number of likely N-dealkylation sites (N-methyl/N-ethyl adjacent to an activating group) is 1. The van der Waals surface area contributed by atoms with Gasteiger partial charge in [-0.2, -0.15) is 0 Å². The predicted molar refractivity (Wildman–Crippen MR) is 54.6 cm³/mol. The predicted octanol–water partition coefficient (Wildman–Crippen LogP) is 0.174. The van der Waals surface area contributed by atoms with Gasteiger partial charge in [0.25, 0.3) is 0 Å². The van der Waals surface area contributed by atoms with E-state index in [0.717, 1.165) is 6.29 Å². The van der Waals surface area contributed by atoms with Gasteiger partial charge in [0.15, 0.2) is 6.29 Å². The summed E-state index contributed by atoms with van der Waals surface area (Å²) in [5.41, 5.74) is 0.583. The van der Waals surface area contributed by atoms with Crippen LogP contribution in [-0.4, -0.2) is 36.2 Å². The first-order chi connectivity index (χ1) is 6.69. The van der Waals surface area contributed by atoms with Crippen LogP contribution < -0.4 is 5.32 Å². The number of thiophene rings is 1. The van der Waals surface area contributed by atoms with Gasteiger partial charge in [0.05, 0.1) is 11.0 Å². The Morgan fingerprint density at radius 1 is 1.64 bits per heavy atom. The number of carbonyl (C=O) groups excluding carboxylic acids is 1. The van der Waals surface area contributed by atoms with Gasteiger partial charge in [0, 0.05) is 6.54 Å². The number of aliphatic hydroxyl groups is 2. The number of hydrogen-bond donors (Lipinski definition) is 3. The van der Waals surface area contributed by atoms with Gasteiger partial charge < -0.3 is 15.5 Å². The molecule has 0 saturated heterocycles. The van der Waals surface area contributed by atoms with Crippen LogP contribution in [0.3, 0.4) is 0 Å². The minimum absolute atomic E-state index is 0.313. The Morgan fingerprint density at radius 3 is 2.86 bits per heavy atom. The van der Waals surface area contributed by atoms with E-state index in [0.29, 0.717) is 17.0 Å². The Labute approximate surface area is 86.2 Å². The number of aliphatic hydroxyl groups excluding tert-OH is 2. The zero-order valence-corrected chi connectivity index (χ0v) is 8.62. The van der Waals surface area contributed by atoms with Crippen LogP contribution >= 0.6 is 11.3 Å². The normalized spacial score (nSPS) is 15.1. The topological polar surface area (TPSA) is 69.6 Å². The monoisotopic (exact) mass is 215 g/mol. The summed E-state index contributed by atoms with van der Waals surface area (Å²) in [6.45, 7) is 0.313. The molecule has 1 rings (SSSR count). The average molecular weight is 215 g/mol. The molecule has 0 aliphatic rings. The Hall–Kier alpha value is -0.750. The summed E-state index contributed by atoms with van der Waals surface area (Å²) in [6, 6.07) is 1.58. The average Bonchev–Trinajstić information content (AvgIpc) is 2.65. The Bertz CT molecular complexity index is 300. The van der Waals surface area contributed by atoms with Crippen LogP contribution in [-0.2, 0) is 0 Å². The van der Waals surface area contributed by atoms with Crippen LogP contribution in [0.15, 0.2) is 11.4 Å². The molecule has 0 aliphatic carbocycles. The molecule has 0 aliphatic heterocycles. The maximum atomic E-state index is 10.4. The maximum Gasteiger partial charge on any atom is 0.160 e. The van der Waals surface area contributed by atoms with Crippen molar-refractivity contribution in [1.29, 1.82) is 0 Å². The van der Waals surface area contributed by atoms with E-state index < -0.39 is 12.2 Å². The van der Waals surface area contributed by atoms with E-state index in [-0.39, 0.29) is 0 Å². The molecule has 0 amide bonds. The summed E-state index contributed by atoms with van der Waals surface area (Å²) in [7, 11) is 1.69. The van der Waals surface area contributed by atoms with Crippen molar-refractivity contribution in [1.82, 2.24) is 5.32 Å². The van der Waals surface area contributed by atoms with E-state index in [1.165, 1.54) is 11.3 Å². The lowest BCUT2D eigenvalue weighted by Crippen LogP contribution is -2.29. The van der Waals surface area contributed by atoms with Crippen LogP contribution in [0.4, 0.5) is 0 Å². The highest BCUT2D eigenvalue weighted by Crippen LogP contribution is 2.22. The fourth-order valence-corrected chi connectivity index (χ4v) is 1.87. The molecule has 0 aromatic carbocycles. The zero-order valence-electron chi connectivity index (χ0n) is 7.80. The third kappa shape index (κ3) is 2.62. The molecule has 0 spiro atoms. The van der Waals surface area contributed by atoms with Crippen molar-refractivity contribution in [2.45, 2.75) is 12.2 Å². The molecule has 1 aromatic rings. The van der Waals surface area contributed by atoms with Crippen molar-refractivity contribution in [3.63, 3.8) is 0 Å².